The van der Waals surface area contributed by atoms with E-state index in [0.29, 0.717) is 11.1 Å². The molecule has 1 rings (SSSR count). The van der Waals surface area contributed by atoms with Crippen LogP contribution in [0.25, 0.3) is 0 Å². The molecule has 1 aromatic rings. The highest BCUT2D eigenvalue weighted by molar-refractivity contribution is 6.09. The summed E-state index contributed by atoms with van der Waals surface area (Å²) >= 11 is 0. The lowest BCUT2D eigenvalue weighted by molar-refractivity contribution is 0.0939. The van der Waals surface area contributed by atoms with Crippen LogP contribution in [-0.2, 0) is 0 Å². The first kappa shape index (κ1) is 11.4. The van der Waals surface area contributed by atoms with Gasteiger partial charge in [0.1, 0.15) is 0 Å². The molecule has 1 atom stereocenters. The van der Waals surface area contributed by atoms with Crippen LogP contribution in [0.15, 0.2) is 36.9 Å². The Kier molecular flexibility index (Phi) is 3.56. The fraction of sp³-hybridized carbons (Fsp3) is 0.231. The number of allylic oxidation sites excluding steroid dienone is 1. The van der Waals surface area contributed by atoms with Gasteiger partial charge in [0, 0.05) is 17.0 Å². The molecule has 1 aromatic carbocycles. The zero-order valence-electron chi connectivity index (χ0n) is 8.99. The molecule has 2 heteroatoms. The van der Waals surface area contributed by atoms with E-state index >= 15 is 0 Å². The van der Waals surface area contributed by atoms with Crippen molar-refractivity contribution < 1.29 is 9.59 Å². The molecule has 0 saturated carbocycles. The maximum atomic E-state index is 11.9. The largest absolute Gasteiger partial charge is 0.294 e. The summed E-state index contributed by atoms with van der Waals surface area (Å²) in [6, 6.07) is 6.87. The van der Waals surface area contributed by atoms with E-state index in [4.69, 9.17) is 0 Å². The number of benzene rings is 1. The first-order chi connectivity index (χ1) is 7.07. The highest BCUT2D eigenvalue weighted by Gasteiger charge is 2.17. The molecule has 0 N–H and O–H groups in total. The first-order valence-corrected chi connectivity index (χ1v) is 4.84. The molecular formula is C13H14O2. The fourth-order valence-electron chi connectivity index (χ4n) is 1.36. The Bertz CT molecular complexity index is 405. The lowest BCUT2D eigenvalue weighted by atomic mass is 9.94. The highest BCUT2D eigenvalue weighted by atomic mass is 16.1. The van der Waals surface area contributed by atoms with Gasteiger partial charge in [0.15, 0.2) is 11.6 Å². The number of carbonyl (C=O) groups is 2. The van der Waals surface area contributed by atoms with Gasteiger partial charge in [0.05, 0.1) is 0 Å². The van der Waals surface area contributed by atoms with Gasteiger partial charge in [0.2, 0.25) is 0 Å². The zero-order valence-corrected chi connectivity index (χ0v) is 8.99. The van der Waals surface area contributed by atoms with Gasteiger partial charge in [0.25, 0.3) is 0 Å². The minimum atomic E-state index is -0.259. The van der Waals surface area contributed by atoms with E-state index in [1.54, 1.807) is 37.3 Å². The van der Waals surface area contributed by atoms with Crippen molar-refractivity contribution in [3.63, 3.8) is 0 Å². The van der Waals surface area contributed by atoms with Crippen molar-refractivity contribution in [2.24, 2.45) is 5.92 Å². The van der Waals surface area contributed by atoms with Crippen molar-refractivity contribution in [2.75, 3.05) is 0 Å². The maximum absolute atomic E-state index is 11.9. The molecule has 0 aliphatic carbocycles. The predicted molar refractivity (Wildman–Crippen MR) is 60.1 cm³/mol. The van der Waals surface area contributed by atoms with E-state index in [9.17, 15) is 9.59 Å². The molecule has 0 fully saturated rings. The number of Topliss-reactive ketones (excluding diaryl/α,β-unsaturated/α-hetero) is 2. The van der Waals surface area contributed by atoms with Crippen molar-refractivity contribution >= 4 is 11.6 Å². The van der Waals surface area contributed by atoms with Crippen molar-refractivity contribution in [3.05, 3.63) is 48.0 Å². The van der Waals surface area contributed by atoms with Crippen LogP contribution in [0.5, 0.6) is 0 Å². The van der Waals surface area contributed by atoms with Gasteiger partial charge in [-0.1, -0.05) is 37.3 Å². The molecule has 0 aliphatic rings. The summed E-state index contributed by atoms with van der Waals surface area (Å²) in [5, 5.41) is 0. The van der Waals surface area contributed by atoms with Crippen molar-refractivity contribution in [1.82, 2.24) is 0 Å². The van der Waals surface area contributed by atoms with Crippen molar-refractivity contribution in [2.45, 2.75) is 13.8 Å². The number of carbonyl (C=O) groups excluding carboxylic acids is 2. The third-order valence-corrected chi connectivity index (χ3v) is 2.34. The van der Waals surface area contributed by atoms with Crippen LogP contribution in [0, 0.1) is 5.92 Å². The van der Waals surface area contributed by atoms with Gasteiger partial charge in [-0.25, -0.2) is 0 Å². The molecule has 0 aromatic heterocycles. The molecule has 1 unspecified atom stereocenters. The Morgan fingerprint density at radius 1 is 1.27 bits per heavy atom. The van der Waals surface area contributed by atoms with Crippen LogP contribution in [0.1, 0.15) is 34.6 Å². The van der Waals surface area contributed by atoms with Gasteiger partial charge in [-0.05, 0) is 6.92 Å². The van der Waals surface area contributed by atoms with E-state index in [1.807, 2.05) is 0 Å². The van der Waals surface area contributed by atoms with Crippen LogP contribution in [0.3, 0.4) is 0 Å². The Balaban J connectivity index is 3.19. The first-order valence-electron chi connectivity index (χ1n) is 4.84. The van der Waals surface area contributed by atoms with E-state index in [0.717, 1.165) is 0 Å². The summed E-state index contributed by atoms with van der Waals surface area (Å²) in [5.74, 6) is -0.406. The van der Waals surface area contributed by atoms with Crippen LogP contribution < -0.4 is 0 Å². The molecule has 15 heavy (non-hydrogen) atoms. The number of rotatable bonds is 4. The van der Waals surface area contributed by atoms with Crippen LogP contribution >= 0.6 is 0 Å². The van der Waals surface area contributed by atoms with Gasteiger partial charge >= 0.3 is 0 Å². The van der Waals surface area contributed by atoms with E-state index in [1.165, 1.54) is 6.92 Å². The SMILES string of the molecule is C=CC(C)C(=O)c1ccccc1C(C)=O. The Morgan fingerprint density at radius 2 is 1.80 bits per heavy atom. The van der Waals surface area contributed by atoms with Crippen LogP contribution in [0.2, 0.25) is 0 Å². The average Bonchev–Trinajstić information content (AvgIpc) is 2.27. The normalized spacial score (nSPS) is 11.9. The summed E-state index contributed by atoms with van der Waals surface area (Å²) in [6.07, 6.45) is 1.58. The monoisotopic (exact) mass is 202 g/mol. The Hall–Kier alpha value is -1.70. The predicted octanol–water partition coefficient (Wildman–Crippen LogP) is 2.89. The average molecular weight is 202 g/mol. The van der Waals surface area contributed by atoms with Gasteiger partial charge in [-0.15, -0.1) is 6.58 Å². The summed E-state index contributed by atoms with van der Waals surface area (Å²) in [4.78, 5) is 23.2. The van der Waals surface area contributed by atoms with Crippen LogP contribution in [-0.4, -0.2) is 11.6 Å². The second-order valence-electron chi connectivity index (χ2n) is 3.49. The minimum absolute atomic E-state index is 0.0594. The number of hydrogen-bond acceptors (Lipinski definition) is 2. The molecule has 78 valence electrons. The van der Waals surface area contributed by atoms with Crippen molar-refractivity contribution in [3.8, 4) is 0 Å². The van der Waals surface area contributed by atoms with Gasteiger partial charge in [-0.3, -0.25) is 9.59 Å². The lowest BCUT2D eigenvalue weighted by Gasteiger charge is -2.08. The molecule has 0 bridgehead atoms. The zero-order chi connectivity index (χ0) is 11.4. The standard InChI is InChI=1S/C13H14O2/c1-4-9(2)13(15)12-8-6-5-7-11(12)10(3)14/h4-9H,1H2,2-3H3. The lowest BCUT2D eigenvalue weighted by Crippen LogP contribution is -2.12. The number of hydrogen-bond donors (Lipinski definition) is 0. The smallest absolute Gasteiger partial charge is 0.170 e. The summed E-state index contributed by atoms with van der Waals surface area (Å²) in [6.45, 7) is 6.81. The van der Waals surface area contributed by atoms with Crippen molar-refractivity contribution in [1.29, 1.82) is 0 Å². The molecular weight excluding hydrogens is 188 g/mol. The molecule has 0 saturated heterocycles. The van der Waals surface area contributed by atoms with E-state index in [2.05, 4.69) is 6.58 Å². The molecule has 0 radical (unpaired) electrons. The molecule has 2 nitrogen and oxygen atoms in total. The fourth-order valence-corrected chi connectivity index (χ4v) is 1.36. The summed E-state index contributed by atoms with van der Waals surface area (Å²) in [7, 11) is 0. The van der Waals surface area contributed by atoms with Crippen LogP contribution in [0.4, 0.5) is 0 Å². The van der Waals surface area contributed by atoms with Gasteiger partial charge in [-0.2, -0.15) is 0 Å². The van der Waals surface area contributed by atoms with Gasteiger partial charge < -0.3 is 0 Å². The van der Waals surface area contributed by atoms with E-state index in [-0.39, 0.29) is 17.5 Å². The third kappa shape index (κ3) is 2.40. The maximum Gasteiger partial charge on any atom is 0.170 e. The highest BCUT2D eigenvalue weighted by Crippen LogP contribution is 2.15. The molecule has 0 heterocycles. The second-order valence-corrected chi connectivity index (χ2v) is 3.49. The second kappa shape index (κ2) is 4.69. The quantitative estimate of drug-likeness (QED) is 0.555. The summed E-state index contributed by atoms with van der Waals surface area (Å²) in [5.41, 5.74) is 0.966. The minimum Gasteiger partial charge on any atom is -0.294 e. The third-order valence-electron chi connectivity index (χ3n) is 2.34. The number of ketones is 2. The topological polar surface area (TPSA) is 34.1 Å². The summed E-state index contributed by atoms with van der Waals surface area (Å²) < 4.78 is 0. The Morgan fingerprint density at radius 3 is 2.27 bits per heavy atom. The molecule has 0 aliphatic heterocycles. The molecule has 0 amide bonds. The van der Waals surface area contributed by atoms with E-state index < -0.39 is 0 Å². The molecule has 0 spiro atoms. The Labute approximate surface area is 89.6 Å².